The highest BCUT2D eigenvalue weighted by molar-refractivity contribution is 6.58. The van der Waals surface area contributed by atoms with Gasteiger partial charge in [0.15, 0.2) is 0 Å². The smallest absolute Gasteiger partial charge is 0.403 e. The van der Waals surface area contributed by atoms with Crippen LogP contribution in [0.1, 0.15) is 61.0 Å². The Morgan fingerprint density at radius 1 is 0.719 bits per heavy atom. The molecule has 0 N–H and O–H groups in total. The first-order valence-electron chi connectivity index (χ1n) is 11.6. The van der Waals surface area contributed by atoms with Gasteiger partial charge in [-0.15, -0.1) is 0 Å². The highest BCUT2D eigenvalue weighted by atomic mass is 16.7. The summed E-state index contributed by atoms with van der Waals surface area (Å²) in [5.41, 5.74) is -0.602. The van der Waals surface area contributed by atoms with E-state index in [0.29, 0.717) is 0 Å². The fourth-order valence-corrected chi connectivity index (χ4v) is 4.38. The van der Waals surface area contributed by atoms with Crippen molar-refractivity contribution in [2.75, 3.05) is 0 Å². The SMILES string of the molecule is CC1(C)OB(C2C=CC=CC2(/C=C\c2ccccc2)B2OC(C)(C)C(C)(C)O2)OC1(C)C. The van der Waals surface area contributed by atoms with E-state index in [-0.39, 0.29) is 5.82 Å². The summed E-state index contributed by atoms with van der Waals surface area (Å²) in [6.07, 6.45) is 12.8. The Balaban J connectivity index is 1.78. The average Bonchev–Trinajstić information content (AvgIpc) is 3.07. The standard InChI is InChI=1S/C26H36B2O4/c1-22(2)23(3,4)30-27(29-22)21-16-12-13-18-26(21,19-17-20-14-10-9-11-15-20)28-31-24(5,6)25(7,8)32-28/h9-19,21H,1-8H3/b19-17-. The van der Waals surface area contributed by atoms with Crippen LogP contribution < -0.4 is 0 Å². The fourth-order valence-electron chi connectivity index (χ4n) is 4.38. The normalized spacial score (nSPS) is 32.2. The largest absolute Gasteiger partial charge is 0.472 e. The Hall–Kier alpha value is -1.59. The van der Waals surface area contributed by atoms with Gasteiger partial charge >= 0.3 is 14.2 Å². The lowest BCUT2D eigenvalue weighted by Gasteiger charge is -2.38. The molecule has 170 valence electrons. The van der Waals surface area contributed by atoms with Crippen LogP contribution in [0.2, 0.25) is 11.1 Å². The summed E-state index contributed by atoms with van der Waals surface area (Å²) < 4.78 is 26.3. The second-order valence-corrected chi connectivity index (χ2v) is 11.2. The first kappa shape index (κ1) is 23.6. The highest BCUT2D eigenvalue weighted by Crippen LogP contribution is 2.58. The maximum atomic E-state index is 6.62. The molecular formula is C26H36B2O4. The molecule has 2 saturated heterocycles. The number of rotatable bonds is 4. The molecule has 2 heterocycles. The maximum absolute atomic E-state index is 6.62. The molecule has 2 aliphatic heterocycles. The molecule has 1 aliphatic carbocycles. The third-order valence-electron chi connectivity index (χ3n) is 7.98. The van der Waals surface area contributed by atoms with Crippen LogP contribution in [0.5, 0.6) is 0 Å². The summed E-state index contributed by atoms with van der Waals surface area (Å²) in [4.78, 5) is 0. The van der Waals surface area contributed by atoms with Gasteiger partial charge in [0.05, 0.1) is 22.4 Å². The van der Waals surface area contributed by atoms with Crippen molar-refractivity contribution in [1.29, 1.82) is 0 Å². The van der Waals surface area contributed by atoms with Gasteiger partial charge in [-0.25, -0.2) is 0 Å². The van der Waals surface area contributed by atoms with Crippen molar-refractivity contribution in [3.63, 3.8) is 0 Å². The summed E-state index contributed by atoms with van der Waals surface area (Å²) in [6.45, 7) is 16.7. The summed E-state index contributed by atoms with van der Waals surface area (Å²) in [5.74, 6) is -0.122. The zero-order chi connectivity index (χ0) is 23.4. The van der Waals surface area contributed by atoms with E-state index < -0.39 is 42.0 Å². The Morgan fingerprint density at radius 3 is 1.81 bits per heavy atom. The molecule has 0 amide bonds. The average molecular weight is 434 g/mol. The molecule has 0 bridgehead atoms. The fraction of sp³-hybridized carbons (Fsp3) is 0.538. The van der Waals surface area contributed by atoms with Crippen LogP contribution in [0.3, 0.4) is 0 Å². The van der Waals surface area contributed by atoms with Gasteiger partial charge in [-0.3, -0.25) is 0 Å². The molecule has 0 radical (unpaired) electrons. The van der Waals surface area contributed by atoms with E-state index in [0.717, 1.165) is 5.56 Å². The first-order chi connectivity index (χ1) is 14.8. The second-order valence-electron chi connectivity index (χ2n) is 11.2. The maximum Gasteiger partial charge on any atom is 0.472 e. The van der Waals surface area contributed by atoms with Crippen LogP contribution in [0.25, 0.3) is 6.08 Å². The van der Waals surface area contributed by atoms with Crippen LogP contribution in [-0.2, 0) is 18.6 Å². The Labute approximate surface area is 194 Å². The second kappa shape index (κ2) is 7.73. The van der Waals surface area contributed by atoms with Gasteiger partial charge in [-0.05, 0) is 61.0 Å². The predicted octanol–water partition coefficient (Wildman–Crippen LogP) is 6.12. The van der Waals surface area contributed by atoms with Crippen LogP contribution >= 0.6 is 0 Å². The van der Waals surface area contributed by atoms with E-state index in [2.05, 4.69) is 104 Å². The van der Waals surface area contributed by atoms with Crippen LogP contribution in [-0.4, -0.2) is 36.6 Å². The lowest BCUT2D eigenvalue weighted by atomic mass is 9.41. The van der Waals surface area contributed by atoms with Crippen LogP contribution in [0.4, 0.5) is 0 Å². The third kappa shape index (κ3) is 3.85. The van der Waals surface area contributed by atoms with Crippen molar-refractivity contribution in [3.05, 3.63) is 66.3 Å². The zero-order valence-corrected chi connectivity index (χ0v) is 20.7. The molecule has 3 aliphatic rings. The third-order valence-corrected chi connectivity index (χ3v) is 7.98. The van der Waals surface area contributed by atoms with E-state index in [1.165, 1.54) is 0 Å². The molecule has 4 rings (SSSR count). The molecule has 6 heteroatoms. The minimum atomic E-state index is -0.600. The number of hydrogen-bond acceptors (Lipinski definition) is 4. The van der Waals surface area contributed by atoms with Crippen molar-refractivity contribution >= 4 is 20.3 Å². The van der Waals surface area contributed by atoms with Gasteiger partial charge in [-0.1, -0.05) is 66.8 Å². The van der Waals surface area contributed by atoms with Gasteiger partial charge in [0, 0.05) is 11.1 Å². The highest BCUT2D eigenvalue weighted by Gasteiger charge is 2.65. The van der Waals surface area contributed by atoms with E-state index in [9.17, 15) is 0 Å². The summed E-state index contributed by atoms with van der Waals surface area (Å²) in [5, 5.41) is -0.600. The van der Waals surface area contributed by atoms with Gasteiger partial charge in [0.2, 0.25) is 0 Å². The van der Waals surface area contributed by atoms with Crippen molar-refractivity contribution in [2.45, 2.75) is 88.9 Å². The molecule has 4 nitrogen and oxygen atoms in total. The van der Waals surface area contributed by atoms with Gasteiger partial charge in [0.1, 0.15) is 0 Å². The predicted molar refractivity (Wildman–Crippen MR) is 132 cm³/mol. The Kier molecular flexibility index (Phi) is 5.69. The lowest BCUT2D eigenvalue weighted by molar-refractivity contribution is 0.00578. The Morgan fingerprint density at radius 2 is 1.25 bits per heavy atom. The molecule has 0 saturated carbocycles. The quantitative estimate of drug-likeness (QED) is 0.535. The monoisotopic (exact) mass is 434 g/mol. The van der Waals surface area contributed by atoms with E-state index in [1.54, 1.807) is 0 Å². The molecule has 32 heavy (non-hydrogen) atoms. The molecule has 0 spiro atoms. The molecular weight excluding hydrogens is 398 g/mol. The lowest BCUT2D eigenvalue weighted by Crippen LogP contribution is -2.43. The summed E-state index contributed by atoms with van der Waals surface area (Å²) in [7, 11) is -0.918. The van der Waals surface area contributed by atoms with Crippen LogP contribution in [0, 0.1) is 0 Å². The van der Waals surface area contributed by atoms with Crippen molar-refractivity contribution in [3.8, 4) is 0 Å². The van der Waals surface area contributed by atoms with Gasteiger partial charge in [0.25, 0.3) is 0 Å². The van der Waals surface area contributed by atoms with E-state index >= 15 is 0 Å². The first-order valence-corrected chi connectivity index (χ1v) is 11.6. The zero-order valence-electron chi connectivity index (χ0n) is 20.7. The number of benzene rings is 1. The van der Waals surface area contributed by atoms with Crippen LogP contribution in [0.15, 0.2) is 60.7 Å². The summed E-state index contributed by atoms with van der Waals surface area (Å²) >= 11 is 0. The van der Waals surface area contributed by atoms with Crippen molar-refractivity contribution in [1.82, 2.24) is 0 Å². The molecule has 2 unspecified atom stereocenters. The number of allylic oxidation sites excluding steroid dienone is 5. The van der Waals surface area contributed by atoms with Gasteiger partial charge in [-0.2, -0.15) is 0 Å². The summed E-state index contributed by atoms with van der Waals surface area (Å²) in [6, 6.07) is 10.3. The van der Waals surface area contributed by atoms with Crippen molar-refractivity contribution in [2.24, 2.45) is 0 Å². The van der Waals surface area contributed by atoms with Crippen molar-refractivity contribution < 1.29 is 18.6 Å². The number of hydrogen-bond donors (Lipinski definition) is 0. The molecule has 1 aromatic rings. The minimum Gasteiger partial charge on any atom is -0.403 e. The molecule has 2 fully saturated rings. The minimum absolute atomic E-state index is 0.122. The van der Waals surface area contributed by atoms with E-state index in [1.807, 2.05) is 18.2 Å². The Bertz CT molecular complexity index is 900. The molecule has 2 atom stereocenters. The van der Waals surface area contributed by atoms with E-state index in [4.69, 9.17) is 18.6 Å². The molecule has 1 aromatic carbocycles. The topological polar surface area (TPSA) is 36.9 Å². The van der Waals surface area contributed by atoms with Gasteiger partial charge < -0.3 is 18.6 Å². The molecule has 0 aromatic heterocycles.